The van der Waals surface area contributed by atoms with Gasteiger partial charge in [-0.05, 0) is 50.5 Å². The Balaban J connectivity index is 2.00. The predicted molar refractivity (Wildman–Crippen MR) is 111 cm³/mol. The van der Waals surface area contributed by atoms with Gasteiger partial charge in [0.1, 0.15) is 11.4 Å². The molecule has 0 saturated carbocycles. The number of amides is 1. The highest BCUT2D eigenvalue weighted by Crippen LogP contribution is 2.28. The number of benzene rings is 2. The molecule has 28 heavy (non-hydrogen) atoms. The van der Waals surface area contributed by atoms with Gasteiger partial charge >= 0.3 is 0 Å². The van der Waals surface area contributed by atoms with Crippen LogP contribution < -0.4 is 10.1 Å². The van der Waals surface area contributed by atoms with Crippen LogP contribution in [0.5, 0.6) is 5.75 Å². The van der Waals surface area contributed by atoms with Gasteiger partial charge in [-0.2, -0.15) is 5.10 Å². The number of carbonyl (C=O) groups excluding carboxylic acids is 1. The minimum atomic E-state index is -0.191. The van der Waals surface area contributed by atoms with Crippen LogP contribution >= 0.6 is 11.6 Å². The van der Waals surface area contributed by atoms with Crippen LogP contribution in [0.2, 0.25) is 5.02 Å². The standard InChI is InChI=1S/C21H23ClN4O2/c1-25(2)13-12-23-21(27)20-14-19(17-6-4-5-7-18(17)22)24-26(20)15-8-10-16(28-3)11-9-15/h4-11,14H,12-13H2,1-3H3,(H,23,27). The van der Waals surface area contributed by atoms with Crippen molar-refractivity contribution in [2.24, 2.45) is 0 Å². The SMILES string of the molecule is COc1ccc(-n2nc(-c3ccccc3Cl)cc2C(=O)NCCN(C)C)cc1. The molecular formula is C21H23ClN4O2. The molecule has 1 amide bonds. The van der Waals surface area contributed by atoms with Crippen molar-refractivity contribution < 1.29 is 9.53 Å². The van der Waals surface area contributed by atoms with Crippen LogP contribution in [0.4, 0.5) is 0 Å². The molecule has 6 nitrogen and oxygen atoms in total. The Morgan fingerprint density at radius 2 is 1.89 bits per heavy atom. The van der Waals surface area contributed by atoms with E-state index in [2.05, 4.69) is 10.4 Å². The molecule has 146 valence electrons. The van der Waals surface area contributed by atoms with Crippen molar-refractivity contribution in [2.45, 2.75) is 0 Å². The first-order valence-electron chi connectivity index (χ1n) is 8.92. The summed E-state index contributed by atoms with van der Waals surface area (Å²) < 4.78 is 6.85. The third kappa shape index (κ3) is 4.52. The number of methoxy groups -OCH3 is 1. The second-order valence-electron chi connectivity index (χ2n) is 6.56. The second kappa shape index (κ2) is 8.91. The van der Waals surface area contributed by atoms with E-state index in [1.807, 2.05) is 61.5 Å². The van der Waals surface area contributed by atoms with Gasteiger partial charge in [-0.1, -0.05) is 29.8 Å². The number of carbonyl (C=O) groups is 1. The number of halogens is 1. The molecule has 1 aromatic heterocycles. The van der Waals surface area contributed by atoms with Crippen LogP contribution in [-0.2, 0) is 0 Å². The maximum atomic E-state index is 12.8. The molecule has 0 unspecified atom stereocenters. The zero-order chi connectivity index (χ0) is 20.1. The molecule has 0 aliphatic carbocycles. The van der Waals surface area contributed by atoms with Gasteiger partial charge in [0.25, 0.3) is 5.91 Å². The summed E-state index contributed by atoms with van der Waals surface area (Å²) in [5, 5.41) is 8.18. The van der Waals surface area contributed by atoms with Crippen molar-refractivity contribution in [2.75, 3.05) is 34.3 Å². The minimum absolute atomic E-state index is 0.191. The number of nitrogens with zero attached hydrogens (tertiary/aromatic N) is 3. The van der Waals surface area contributed by atoms with E-state index < -0.39 is 0 Å². The summed E-state index contributed by atoms with van der Waals surface area (Å²) >= 11 is 6.33. The van der Waals surface area contributed by atoms with Gasteiger partial charge in [0, 0.05) is 18.7 Å². The lowest BCUT2D eigenvalue weighted by Gasteiger charge is -2.11. The van der Waals surface area contributed by atoms with Gasteiger partial charge in [0.15, 0.2) is 0 Å². The largest absolute Gasteiger partial charge is 0.497 e. The Morgan fingerprint density at radius 3 is 2.54 bits per heavy atom. The summed E-state index contributed by atoms with van der Waals surface area (Å²) in [7, 11) is 5.54. The Hall–Kier alpha value is -2.83. The van der Waals surface area contributed by atoms with Crippen LogP contribution in [-0.4, -0.2) is 54.9 Å². The fourth-order valence-electron chi connectivity index (χ4n) is 2.75. The lowest BCUT2D eigenvalue weighted by Crippen LogP contribution is -2.32. The van der Waals surface area contributed by atoms with Gasteiger partial charge in [-0.25, -0.2) is 4.68 Å². The van der Waals surface area contributed by atoms with Crippen molar-refractivity contribution in [3.63, 3.8) is 0 Å². The van der Waals surface area contributed by atoms with Gasteiger partial charge < -0.3 is 15.0 Å². The summed E-state index contributed by atoms with van der Waals surface area (Å²) in [5.74, 6) is 0.544. The highest BCUT2D eigenvalue weighted by Gasteiger charge is 2.18. The minimum Gasteiger partial charge on any atom is -0.497 e. The molecule has 0 radical (unpaired) electrons. The van der Waals surface area contributed by atoms with Crippen molar-refractivity contribution in [3.8, 4) is 22.7 Å². The normalized spacial score (nSPS) is 10.9. The summed E-state index contributed by atoms with van der Waals surface area (Å²) in [4.78, 5) is 14.8. The molecule has 1 heterocycles. The van der Waals surface area contributed by atoms with Gasteiger partial charge in [-0.3, -0.25) is 4.79 Å². The highest BCUT2D eigenvalue weighted by atomic mass is 35.5. The van der Waals surface area contributed by atoms with E-state index in [0.29, 0.717) is 23.0 Å². The molecule has 0 aliphatic rings. The Morgan fingerprint density at radius 1 is 1.18 bits per heavy atom. The number of nitrogens with one attached hydrogen (secondary N) is 1. The number of likely N-dealkylation sites (N-methyl/N-ethyl adjacent to an activating group) is 1. The number of ether oxygens (including phenoxy) is 1. The van der Waals surface area contributed by atoms with Crippen LogP contribution in [0.15, 0.2) is 54.6 Å². The quantitative estimate of drug-likeness (QED) is 0.661. The molecule has 0 spiro atoms. The molecular weight excluding hydrogens is 376 g/mol. The van der Waals surface area contributed by atoms with Crippen LogP contribution in [0.3, 0.4) is 0 Å². The van der Waals surface area contributed by atoms with E-state index in [4.69, 9.17) is 16.3 Å². The van der Waals surface area contributed by atoms with Gasteiger partial charge in [0.05, 0.1) is 23.5 Å². The maximum absolute atomic E-state index is 12.8. The second-order valence-corrected chi connectivity index (χ2v) is 6.97. The molecule has 0 saturated heterocycles. The molecule has 1 N–H and O–H groups in total. The Labute approximate surface area is 169 Å². The third-order valence-corrected chi connectivity index (χ3v) is 4.58. The zero-order valence-corrected chi connectivity index (χ0v) is 16.9. The zero-order valence-electron chi connectivity index (χ0n) is 16.1. The van der Waals surface area contributed by atoms with E-state index in [0.717, 1.165) is 23.5 Å². The van der Waals surface area contributed by atoms with Crippen molar-refractivity contribution in [1.29, 1.82) is 0 Å². The van der Waals surface area contributed by atoms with Crippen molar-refractivity contribution in [1.82, 2.24) is 20.0 Å². The van der Waals surface area contributed by atoms with E-state index in [-0.39, 0.29) is 5.91 Å². The van der Waals surface area contributed by atoms with Gasteiger partial charge in [0.2, 0.25) is 0 Å². The number of aromatic nitrogens is 2. The molecule has 2 aromatic carbocycles. The smallest absolute Gasteiger partial charge is 0.270 e. The van der Waals surface area contributed by atoms with Crippen LogP contribution in [0, 0.1) is 0 Å². The topological polar surface area (TPSA) is 59.4 Å². The Kier molecular flexibility index (Phi) is 6.34. The lowest BCUT2D eigenvalue weighted by atomic mass is 10.1. The lowest BCUT2D eigenvalue weighted by molar-refractivity contribution is 0.0943. The molecule has 0 aliphatic heterocycles. The third-order valence-electron chi connectivity index (χ3n) is 4.25. The maximum Gasteiger partial charge on any atom is 0.270 e. The summed E-state index contributed by atoms with van der Waals surface area (Å²) in [6.07, 6.45) is 0. The Bertz CT molecular complexity index is 951. The molecule has 7 heteroatoms. The molecule has 0 bridgehead atoms. The monoisotopic (exact) mass is 398 g/mol. The molecule has 3 aromatic rings. The summed E-state index contributed by atoms with van der Waals surface area (Å²) in [6, 6.07) is 16.6. The molecule has 0 atom stereocenters. The first kappa shape index (κ1) is 19.9. The fraction of sp³-hybridized carbons (Fsp3) is 0.238. The van der Waals surface area contributed by atoms with Gasteiger partial charge in [-0.15, -0.1) is 0 Å². The van der Waals surface area contributed by atoms with Crippen molar-refractivity contribution in [3.05, 3.63) is 65.3 Å². The van der Waals surface area contributed by atoms with Crippen LogP contribution in [0.1, 0.15) is 10.5 Å². The predicted octanol–water partition coefficient (Wildman–Crippen LogP) is 3.49. The number of hydrogen-bond acceptors (Lipinski definition) is 4. The van der Waals surface area contributed by atoms with E-state index in [1.54, 1.807) is 23.9 Å². The van der Waals surface area contributed by atoms with Crippen molar-refractivity contribution >= 4 is 17.5 Å². The van der Waals surface area contributed by atoms with E-state index in [1.165, 1.54) is 0 Å². The highest BCUT2D eigenvalue weighted by molar-refractivity contribution is 6.33. The molecule has 0 fully saturated rings. The van der Waals surface area contributed by atoms with E-state index >= 15 is 0 Å². The van der Waals surface area contributed by atoms with E-state index in [9.17, 15) is 4.79 Å². The first-order chi connectivity index (χ1) is 13.5. The molecule has 3 rings (SSSR count). The fourth-order valence-corrected chi connectivity index (χ4v) is 2.98. The summed E-state index contributed by atoms with van der Waals surface area (Å²) in [5.41, 5.74) is 2.62. The number of rotatable bonds is 7. The first-order valence-corrected chi connectivity index (χ1v) is 9.29. The number of hydrogen-bond donors (Lipinski definition) is 1. The van der Waals surface area contributed by atoms with Crippen LogP contribution in [0.25, 0.3) is 16.9 Å². The summed E-state index contributed by atoms with van der Waals surface area (Å²) in [6.45, 7) is 1.29. The average molecular weight is 399 g/mol. The average Bonchev–Trinajstić information content (AvgIpc) is 3.13.